The second kappa shape index (κ2) is 6.75. The number of hydrogen-bond donors (Lipinski definition) is 0. The molecular formula is C15H27N3O3. The third-order valence-electron chi connectivity index (χ3n) is 4.20. The largest absolute Gasteiger partial charge is 0.372 e. The van der Waals surface area contributed by atoms with Crippen LogP contribution in [-0.4, -0.2) is 85.0 Å². The number of nitrogens with zero attached hydrogens (tertiary/aromatic N) is 3. The highest BCUT2D eigenvalue weighted by Gasteiger charge is 2.34. The molecule has 6 nitrogen and oxygen atoms in total. The van der Waals surface area contributed by atoms with E-state index in [-0.39, 0.29) is 30.1 Å². The fourth-order valence-corrected chi connectivity index (χ4v) is 3.25. The zero-order chi connectivity index (χ0) is 15.6. The molecule has 2 rings (SSSR count). The van der Waals surface area contributed by atoms with Crippen molar-refractivity contribution >= 4 is 11.8 Å². The summed E-state index contributed by atoms with van der Waals surface area (Å²) in [6.45, 7) is 6.43. The van der Waals surface area contributed by atoms with Gasteiger partial charge in [0.1, 0.15) is 0 Å². The molecule has 0 radical (unpaired) electrons. The van der Waals surface area contributed by atoms with Crippen LogP contribution in [0.1, 0.15) is 26.7 Å². The van der Waals surface area contributed by atoms with Crippen LogP contribution >= 0.6 is 0 Å². The zero-order valence-electron chi connectivity index (χ0n) is 13.5. The molecule has 2 aliphatic rings. The number of rotatable bonds is 3. The highest BCUT2D eigenvalue weighted by atomic mass is 16.5. The van der Waals surface area contributed by atoms with E-state index in [9.17, 15) is 9.59 Å². The van der Waals surface area contributed by atoms with E-state index in [0.717, 1.165) is 19.4 Å². The van der Waals surface area contributed by atoms with Gasteiger partial charge in [0.25, 0.3) is 0 Å². The van der Waals surface area contributed by atoms with Gasteiger partial charge in [-0.15, -0.1) is 0 Å². The molecule has 120 valence electrons. The van der Waals surface area contributed by atoms with Crippen molar-refractivity contribution < 1.29 is 14.3 Å². The quantitative estimate of drug-likeness (QED) is 0.745. The second-order valence-electron chi connectivity index (χ2n) is 6.42. The lowest BCUT2D eigenvalue weighted by molar-refractivity contribution is -0.145. The van der Waals surface area contributed by atoms with E-state index in [1.807, 2.05) is 23.6 Å². The summed E-state index contributed by atoms with van der Waals surface area (Å²) in [5.41, 5.74) is 0. The Balaban J connectivity index is 1.93. The Morgan fingerprint density at radius 1 is 1.19 bits per heavy atom. The molecule has 2 heterocycles. The van der Waals surface area contributed by atoms with Crippen LogP contribution in [0.25, 0.3) is 0 Å². The average Bonchev–Trinajstić information content (AvgIpc) is 2.84. The van der Waals surface area contributed by atoms with E-state index in [1.165, 1.54) is 0 Å². The summed E-state index contributed by atoms with van der Waals surface area (Å²) in [4.78, 5) is 30.2. The first kappa shape index (κ1) is 16.2. The number of carbonyl (C=O) groups is 2. The summed E-state index contributed by atoms with van der Waals surface area (Å²) in [7, 11) is 3.54. The minimum atomic E-state index is -0.139. The molecule has 2 amide bonds. The first-order valence-corrected chi connectivity index (χ1v) is 7.77. The monoisotopic (exact) mass is 297 g/mol. The molecule has 6 heteroatoms. The molecule has 0 aromatic heterocycles. The highest BCUT2D eigenvalue weighted by Crippen LogP contribution is 2.19. The van der Waals surface area contributed by atoms with Gasteiger partial charge in [-0.1, -0.05) is 0 Å². The molecule has 0 bridgehead atoms. The molecule has 0 N–H and O–H groups in total. The molecule has 21 heavy (non-hydrogen) atoms. The van der Waals surface area contributed by atoms with Crippen LogP contribution in [0, 0.1) is 0 Å². The summed E-state index contributed by atoms with van der Waals surface area (Å²) in [6, 6.07) is -0.139. The van der Waals surface area contributed by atoms with Gasteiger partial charge in [-0.2, -0.15) is 0 Å². The highest BCUT2D eigenvalue weighted by molar-refractivity contribution is 5.83. The number of morpholine rings is 1. The molecule has 2 saturated heterocycles. The fraction of sp³-hybridized carbons (Fsp3) is 0.867. The summed E-state index contributed by atoms with van der Waals surface area (Å²) < 4.78 is 5.66. The van der Waals surface area contributed by atoms with Gasteiger partial charge in [0.05, 0.1) is 24.8 Å². The predicted molar refractivity (Wildman–Crippen MR) is 79.9 cm³/mol. The molecule has 0 saturated carbocycles. The topological polar surface area (TPSA) is 53.1 Å². The van der Waals surface area contributed by atoms with Crippen LogP contribution in [0.3, 0.4) is 0 Å². The Kier molecular flexibility index (Phi) is 5.22. The van der Waals surface area contributed by atoms with Gasteiger partial charge < -0.3 is 14.5 Å². The van der Waals surface area contributed by atoms with Crippen molar-refractivity contribution in [3.8, 4) is 0 Å². The Morgan fingerprint density at radius 3 is 2.38 bits per heavy atom. The third-order valence-corrected chi connectivity index (χ3v) is 4.20. The van der Waals surface area contributed by atoms with E-state index >= 15 is 0 Å². The summed E-state index contributed by atoms with van der Waals surface area (Å²) in [6.07, 6.45) is 1.99. The van der Waals surface area contributed by atoms with Crippen molar-refractivity contribution in [2.24, 2.45) is 0 Å². The standard InChI is InChI=1S/C15H27N3O3/c1-11-8-18(9-12(2)21-11)14(19)10-17-7-5-6-13(17)15(20)16(3)4/h11-13H,5-10H2,1-4H3. The molecule has 0 aromatic rings. The van der Waals surface area contributed by atoms with Gasteiger partial charge in [-0.3, -0.25) is 14.5 Å². The van der Waals surface area contributed by atoms with Gasteiger partial charge in [0.15, 0.2) is 0 Å². The van der Waals surface area contributed by atoms with E-state index in [4.69, 9.17) is 4.74 Å². The predicted octanol–water partition coefficient (Wildman–Crippen LogP) is 0.175. The first-order chi connectivity index (χ1) is 9.88. The lowest BCUT2D eigenvalue weighted by Crippen LogP contribution is -2.52. The number of carbonyl (C=O) groups excluding carboxylic acids is 2. The normalized spacial score (nSPS) is 30.5. The minimum Gasteiger partial charge on any atom is -0.372 e. The summed E-state index contributed by atoms with van der Waals surface area (Å²) >= 11 is 0. The van der Waals surface area contributed by atoms with Crippen LogP contribution in [0.15, 0.2) is 0 Å². The van der Waals surface area contributed by atoms with Crippen molar-refractivity contribution in [1.29, 1.82) is 0 Å². The molecule has 0 spiro atoms. The van der Waals surface area contributed by atoms with E-state index < -0.39 is 0 Å². The van der Waals surface area contributed by atoms with Crippen molar-refractivity contribution in [3.05, 3.63) is 0 Å². The van der Waals surface area contributed by atoms with Crippen molar-refractivity contribution in [2.45, 2.75) is 44.9 Å². The lowest BCUT2D eigenvalue weighted by atomic mass is 10.2. The van der Waals surface area contributed by atoms with E-state index in [2.05, 4.69) is 0 Å². The number of likely N-dealkylation sites (tertiary alicyclic amines) is 1. The van der Waals surface area contributed by atoms with Crippen molar-refractivity contribution in [3.63, 3.8) is 0 Å². The van der Waals surface area contributed by atoms with Crippen LogP contribution in [0.2, 0.25) is 0 Å². The molecule has 0 aliphatic carbocycles. The lowest BCUT2D eigenvalue weighted by Gasteiger charge is -2.36. The average molecular weight is 297 g/mol. The van der Waals surface area contributed by atoms with Gasteiger partial charge in [-0.05, 0) is 33.2 Å². The number of amides is 2. The third kappa shape index (κ3) is 3.95. The van der Waals surface area contributed by atoms with Gasteiger partial charge >= 0.3 is 0 Å². The number of likely N-dealkylation sites (N-methyl/N-ethyl adjacent to an activating group) is 1. The Morgan fingerprint density at radius 2 is 1.81 bits per heavy atom. The summed E-state index contributed by atoms with van der Waals surface area (Å²) in [5.74, 6) is 0.208. The minimum absolute atomic E-state index is 0.0792. The fourth-order valence-electron chi connectivity index (χ4n) is 3.25. The zero-order valence-corrected chi connectivity index (χ0v) is 13.5. The van der Waals surface area contributed by atoms with Gasteiger partial charge in [0.2, 0.25) is 11.8 Å². The van der Waals surface area contributed by atoms with Crippen LogP contribution in [0.5, 0.6) is 0 Å². The Labute approximate surface area is 127 Å². The van der Waals surface area contributed by atoms with Crippen molar-refractivity contribution in [2.75, 3.05) is 40.3 Å². The molecule has 3 unspecified atom stereocenters. The maximum absolute atomic E-state index is 12.5. The molecule has 2 fully saturated rings. The molecule has 0 aromatic carbocycles. The Hall–Kier alpha value is -1.14. The maximum Gasteiger partial charge on any atom is 0.239 e. The van der Waals surface area contributed by atoms with Gasteiger partial charge in [-0.25, -0.2) is 0 Å². The Bertz CT molecular complexity index is 390. The maximum atomic E-state index is 12.5. The van der Waals surface area contributed by atoms with Gasteiger partial charge in [0, 0.05) is 27.2 Å². The van der Waals surface area contributed by atoms with E-state index in [0.29, 0.717) is 19.6 Å². The smallest absolute Gasteiger partial charge is 0.239 e. The molecule has 3 atom stereocenters. The first-order valence-electron chi connectivity index (χ1n) is 7.77. The second-order valence-corrected chi connectivity index (χ2v) is 6.42. The SMILES string of the molecule is CC1CN(C(=O)CN2CCCC2C(=O)N(C)C)CC(C)O1. The number of ether oxygens (including phenoxy) is 1. The van der Waals surface area contributed by atoms with Crippen molar-refractivity contribution in [1.82, 2.24) is 14.7 Å². The van der Waals surface area contributed by atoms with E-state index in [1.54, 1.807) is 19.0 Å². The molecule has 2 aliphatic heterocycles. The van der Waals surface area contributed by atoms with Crippen LogP contribution < -0.4 is 0 Å². The van der Waals surface area contributed by atoms with Crippen LogP contribution in [0.4, 0.5) is 0 Å². The number of hydrogen-bond acceptors (Lipinski definition) is 4. The molecular weight excluding hydrogens is 270 g/mol. The summed E-state index contributed by atoms with van der Waals surface area (Å²) in [5, 5.41) is 0. The van der Waals surface area contributed by atoms with Crippen LogP contribution in [-0.2, 0) is 14.3 Å².